The highest BCUT2D eigenvalue weighted by Crippen LogP contribution is 2.41. The Morgan fingerprint density at radius 1 is 1.09 bits per heavy atom. The zero-order valence-electron chi connectivity index (χ0n) is 19.6. The number of hydrogen-bond acceptors (Lipinski definition) is 8. The molecule has 2 N–H and O–H groups in total. The Balaban J connectivity index is 1.44. The fourth-order valence-corrected chi connectivity index (χ4v) is 5.79. The molecule has 1 saturated heterocycles. The fraction of sp³-hybridized carbons (Fsp3) is 0.308. The number of terminal acetylenes is 1. The number of hydrogen-bond donors (Lipinski definition) is 2. The molecular weight excluding hydrogens is 458 g/mol. The van der Waals surface area contributed by atoms with Crippen LogP contribution in [0.25, 0.3) is 32.4 Å². The zero-order valence-corrected chi connectivity index (χ0v) is 20.4. The van der Waals surface area contributed by atoms with E-state index in [0.29, 0.717) is 22.9 Å². The molecule has 8 nitrogen and oxygen atoms in total. The number of carbonyl (C=O) groups excluding carboxylic acids is 1. The molecule has 1 atom stereocenters. The summed E-state index contributed by atoms with van der Waals surface area (Å²) < 4.78 is 1.06. The van der Waals surface area contributed by atoms with Gasteiger partial charge < -0.3 is 20.4 Å². The number of nitrogens with one attached hydrogen (secondary N) is 2. The van der Waals surface area contributed by atoms with Crippen LogP contribution in [0.3, 0.4) is 0 Å². The highest BCUT2D eigenvalue weighted by Gasteiger charge is 2.25. The Bertz CT molecular complexity index is 1510. The average Bonchev–Trinajstić information content (AvgIpc) is 3.20. The number of benzene rings is 1. The lowest BCUT2D eigenvalue weighted by Gasteiger charge is -2.33. The molecule has 1 fully saturated rings. The lowest BCUT2D eigenvalue weighted by atomic mass is 10.1. The third-order valence-electron chi connectivity index (χ3n) is 6.62. The van der Waals surface area contributed by atoms with Crippen LogP contribution in [0.5, 0.6) is 0 Å². The van der Waals surface area contributed by atoms with E-state index in [-0.39, 0.29) is 11.9 Å². The number of amides is 1. The molecular formula is C26H25N7OS. The molecule has 3 aromatic heterocycles. The third-order valence-corrected chi connectivity index (χ3v) is 7.78. The molecule has 0 unspecified atom stereocenters. The largest absolute Gasteiger partial charge is 0.381 e. The van der Waals surface area contributed by atoms with Crippen molar-refractivity contribution in [3.05, 3.63) is 41.0 Å². The van der Waals surface area contributed by atoms with Gasteiger partial charge in [-0.15, -0.1) is 17.8 Å². The standard InChI is InChI=1S/C26H25N7OS/c1-4-21-30-19(13-22(31-21)33-11-9-32(3)10-12-33)18-6-5-16-17(29-18)7-8-20-23(16)24-25(35-20)26(34)28-15(2)14-27-24/h1,5-8,13,15,27H,9-12,14H2,2-3H3,(H,28,34)/t15-/m1/s1. The van der Waals surface area contributed by atoms with Crippen molar-refractivity contribution in [1.82, 2.24) is 25.2 Å². The van der Waals surface area contributed by atoms with Crippen molar-refractivity contribution in [2.45, 2.75) is 13.0 Å². The number of piperazine rings is 1. The summed E-state index contributed by atoms with van der Waals surface area (Å²) in [4.78, 5) is 32.1. The zero-order chi connectivity index (χ0) is 24.1. The fourth-order valence-electron chi connectivity index (χ4n) is 4.70. The van der Waals surface area contributed by atoms with Crippen molar-refractivity contribution < 1.29 is 4.79 Å². The number of fused-ring (bicyclic) bond motifs is 5. The van der Waals surface area contributed by atoms with Crippen LogP contribution in [-0.2, 0) is 0 Å². The number of likely N-dealkylation sites (N-methyl/N-ethyl adjacent to an activating group) is 1. The van der Waals surface area contributed by atoms with Crippen LogP contribution in [0.1, 0.15) is 22.4 Å². The summed E-state index contributed by atoms with van der Waals surface area (Å²) >= 11 is 1.51. The Hall–Kier alpha value is -3.74. The summed E-state index contributed by atoms with van der Waals surface area (Å²) in [6.45, 7) is 6.41. The van der Waals surface area contributed by atoms with Crippen LogP contribution >= 0.6 is 11.3 Å². The van der Waals surface area contributed by atoms with Gasteiger partial charge in [0.2, 0.25) is 5.82 Å². The molecule has 0 saturated carbocycles. The van der Waals surface area contributed by atoms with Gasteiger partial charge in [0.1, 0.15) is 10.7 Å². The Morgan fingerprint density at radius 3 is 2.71 bits per heavy atom. The van der Waals surface area contributed by atoms with Gasteiger partial charge in [-0.1, -0.05) is 0 Å². The first kappa shape index (κ1) is 21.8. The maximum Gasteiger partial charge on any atom is 0.263 e. The number of anilines is 2. The van der Waals surface area contributed by atoms with E-state index in [1.54, 1.807) is 0 Å². The predicted octanol–water partition coefficient (Wildman–Crippen LogP) is 3.18. The second-order valence-electron chi connectivity index (χ2n) is 9.13. The smallest absolute Gasteiger partial charge is 0.263 e. The summed E-state index contributed by atoms with van der Waals surface area (Å²) in [6, 6.07) is 10.1. The van der Waals surface area contributed by atoms with Crippen LogP contribution in [0.4, 0.5) is 11.5 Å². The molecule has 5 heterocycles. The molecule has 9 heteroatoms. The number of aromatic nitrogens is 3. The first-order valence-electron chi connectivity index (χ1n) is 11.7. The lowest BCUT2D eigenvalue weighted by molar-refractivity contribution is 0.0949. The number of thiophene rings is 1. The Kier molecular flexibility index (Phi) is 5.28. The Morgan fingerprint density at radius 2 is 1.91 bits per heavy atom. The minimum Gasteiger partial charge on any atom is -0.381 e. The first-order chi connectivity index (χ1) is 17.0. The minimum atomic E-state index is -0.0318. The molecule has 0 radical (unpaired) electrons. The second-order valence-corrected chi connectivity index (χ2v) is 10.2. The monoisotopic (exact) mass is 483 g/mol. The van der Waals surface area contributed by atoms with Gasteiger partial charge in [-0.3, -0.25) is 4.79 Å². The number of carbonyl (C=O) groups is 1. The number of nitrogens with zero attached hydrogens (tertiary/aromatic N) is 5. The van der Waals surface area contributed by atoms with Gasteiger partial charge in [-0.25, -0.2) is 15.0 Å². The van der Waals surface area contributed by atoms with Crippen LogP contribution < -0.4 is 15.5 Å². The normalized spacial score (nSPS) is 18.6. The first-order valence-corrected chi connectivity index (χ1v) is 12.5. The van der Waals surface area contributed by atoms with Gasteiger partial charge in [0.15, 0.2) is 0 Å². The second kappa shape index (κ2) is 8.48. The van der Waals surface area contributed by atoms with E-state index < -0.39 is 0 Å². The summed E-state index contributed by atoms with van der Waals surface area (Å²) in [6.07, 6.45) is 5.70. The van der Waals surface area contributed by atoms with Gasteiger partial charge >= 0.3 is 0 Å². The lowest BCUT2D eigenvalue weighted by Crippen LogP contribution is -2.44. The molecule has 0 aliphatic carbocycles. The molecule has 1 amide bonds. The SMILES string of the molecule is C#Cc1nc(-c2ccc3c(ccc4sc5c(c43)NC[C@@H](C)NC5=O)n2)cc(N2CCN(C)CC2)n1. The van der Waals surface area contributed by atoms with Crippen molar-refractivity contribution >= 4 is 49.7 Å². The molecule has 1 aromatic carbocycles. The molecule has 35 heavy (non-hydrogen) atoms. The summed E-state index contributed by atoms with van der Waals surface area (Å²) in [7, 11) is 2.13. The van der Waals surface area contributed by atoms with Crippen molar-refractivity contribution in [1.29, 1.82) is 0 Å². The van der Waals surface area contributed by atoms with E-state index in [4.69, 9.17) is 11.4 Å². The predicted molar refractivity (Wildman–Crippen MR) is 141 cm³/mol. The van der Waals surface area contributed by atoms with E-state index in [2.05, 4.69) is 49.4 Å². The molecule has 2 aliphatic heterocycles. The van der Waals surface area contributed by atoms with Crippen molar-refractivity contribution in [2.75, 3.05) is 50.0 Å². The van der Waals surface area contributed by atoms with Gasteiger partial charge in [0, 0.05) is 60.3 Å². The van der Waals surface area contributed by atoms with Crippen LogP contribution in [0, 0.1) is 12.3 Å². The van der Waals surface area contributed by atoms with Crippen LogP contribution in [0.15, 0.2) is 30.3 Å². The van der Waals surface area contributed by atoms with E-state index in [1.807, 2.05) is 31.2 Å². The molecule has 6 rings (SSSR count). The minimum absolute atomic E-state index is 0.0318. The molecule has 0 spiro atoms. The van der Waals surface area contributed by atoms with Crippen molar-refractivity contribution in [3.63, 3.8) is 0 Å². The van der Waals surface area contributed by atoms with E-state index in [1.165, 1.54) is 11.3 Å². The maximum atomic E-state index is 12.7. The summed E-state index contributed by atoms with van der Waals surface area (Å²) in [5.41, 5.74) is 3.18. The third kappa shape index (κ3) is 3.85. The quantitative estimate of drug-likeness (QED) is 0.424. The van der Waals surface area contributed by atoms with Crippen molar-refractivity contribution in [3.8, 4) is 23.7 Å². The topological polar surface area (TPSA) is 86.3 Å². The molecule has 0 bridgehead atoms. The van der Waals surface area contributed by atoms with E-state index >= 15 is 0 Å². The van der Waals surface area contributed by atoms with Gasteiger partial charge in [0.25, 0.3) is 5.91 Å². The summed E-state index contributed by atoms with van der Waals surface area (Å²) in [5.74, 6) is 3.76. The molecule has 2 aliphatic rings. The molecule has 176 valence electrons. The van der Waals surface area contributed by atoms with Crippen LogP contribution in [-0.4, -0.2) is 71.6 Å². The van der Waals surface area contributed by atoms with E-state index in [9.17, 15) is 4.79 Å². The maximum absolute atomic E-state index is 12.7. The van der Waals surface area contributed by atoms with Gasteiger partial charge in [-0.2, -0.15) is 0 Å². The molecule has 4 aromatic rings. The highest BCUT2D eigenvalue weighted by molar-refractivity contribution is 7.21. The van der Waals surface area contributed by atoms with Gasteiger partial charge in [-0.05, 0) is 44.2 Å². The number of rotatable bonds is 2. The van der Waals surface area contributed by atoms with Crippen LogP contribution in [0.2, 0.25) is 0 Å². The summed E-state index contributed by atoms with van der Waals surface area (Å²) in [5, 5.41) is 8.56. The Labute approximate surface area is 207 Å². The average molecular weight is 484 g/mol. The van der Waals surface area contributed by atoms with Crippen molar-refractivity contribution in [2.24, 2.45) is 0 Å². The van der Waals surface area contributed by atoms with Gasteiger partial charge in [0.05, 0.1) is 22.6 Å². The number of pyridine rings is 1. The van der Waals surface area contributed by atoms with E-state index in [0.717, 1.165) is 64.4 Å². The highest BCUT2D eigenvalue weighted by atomic mass is 32.1.